The van der Waals surface area contributed by atoms with Gasteiger partial charge in [0.1, 0.15) is 11.7 Å². The van der Waals surface area contributed by atoms with E-state index < -0.39 is 41.1 Å². The van der Waals surface area contributed by atoms with Gasteiger partial charge in [0.25, 0.3) is 0 Å². The average Bonchev–Trinajstić information content (AvgIpc) is 2.27. The maximum atomic E-state index is 12.0. The minimum Gasteiger partial charge on any atom is -0.466 e. The van der Waals surface area contributed by atoms with Crippen LogP contribution in [0.15, 0.2) is 0 Å². The third kappa shape index (κ3) is 3.17. The zero-order valence-electron chi connectivity index (χ0n) is 12.3. The van der Waals surface area contributed by atoms with Crippen molar-refractivity contribution in [2.24, 2.45) is 17.8 Å². The van der Waals surface area contributed by atoms with Gasteiger partial charge in [-0.05, 0) is 26.7 Å². The van der Waals surface area contributed by atoms with E-state index in [4.69, 9.17) is 9.47 Å². The molecule has 0 aromatic carbocycles. The van der Waals surface area contributed by atoms with Crippen LogP contribution >= 0.6 is 0 Å². The van der Waals surface area contributed by atoms with Crippen LogP contribution in [0.2, 0.25) is 0 Å². The van der Waals surface area contributed by atoms with Gasteiger partial charge in [-0.3, -0.25) is 14.4 Å². The Kier molecular flexibility index (Phi) is 5.28. The predicted octanol–water partition coefficient (Wildman–Crippen LogP) is 0.705. The first-order chi connectivity index (χ1) is 9.26. The van der Waals surface area contributed by atoms with Crippen LogP contribution in [0, 0.1) is 17.8 Å². The summed E-state index contributed by atoms with van der Waals surface area (Å²) in [6.07, 6.45) is -0.260. The summed E-state index contributed by atoms with van der Waals surface area (Å²) in [4.78, 5) is 35.9. The fourth-order valence-electron chi connectivity index (χ4n) is 2.90. The fraction of sp³-hybridized carbons (Fsp3) is 0.786. The summed E-state index contributed by atoms with van der Waals surface area (Å²) in [5.41, 5.74) is -1.51. The van der Waals surface area contributed by atoms with Crippen molar-refractivity contribution in [2.45, 2.75) is 39.7 Å². The van der Waals surface area contributed by atoms with Crippen molar-refractivity contribution >= 4 is 17.7 Å². The number of hydrogen-bond acceptors (Lipinski definition) is 6. The Balaban J connectivity index is 3.05. The van der Waals surface area contributed by atoms with E-state index in [1.807, 2.05) is 0 Å². The number of esters is 2. The number of carbonyl (C=O) groups is 3. The van der Waals surface area contributed by atoms with Crippen LogP contribution in [0.1, 0.15) is 34.1 Å². The van der Waals surface area contributed by atoms with Gasteiger partial charge in [0.2, 0.25) is 0 Å². The summed E-state index contributed by atoms with van der Waals surface area (Å²) in [5.74, 6) is -4.24. The second-order valence-electron chi connectivity index (χ2n) is 5.32. The van der Waals surface area contributed by atoms with Gasteiger partial charge in [-0.15, -0.1) is 0 Å². The summed E-state index contributed by atoms with van der Waals surface area (Å²) in [6.45, 7) is 6.66. The molecule has 0 bridgehead atoms. The van der Waals surface area contributed by atoms with Crippen molar-refractivity contribution in [1.29, 1.82) is 0 Å². The molecular weight excluding hydrogens is 264 g/mol. The Labute approximate surface area is 118 Å². The van der Waals surface area contributed by atoms with Gasteiger partial charge in [-0.25, -0.2) is 0 Å². The Morgan fingerprint density at radius 3 is 2.25 bits per heavy atom. The molecule has 0 amide bonds. The van der Waals surface area contributed by atoms with Gasteiger partial charge in [-0.2, -0.15) is 0 Å². The maximum absolute atomic E-state index is 12.0. The topological polar surface area (TPSA) is 89.9 Å². The molecule has 0 radical (unpaired) electrons. The molecule has 1 saturated carbocycles. The molecular formula is C14H22O6. The van der Waals surface area contributed by atoms with E-state index in [-0.39, 0.29) is 19.6 Å². The van der Waals surface area contributed by atoms with Gasteiger partial charge in [0.15, 0.2) is 0 Å². The number of ketones is 1. The van der Waals surface area contributed by atoms with E-state index in [1.165, 1.54) is 6.92 Å². The Bertz CT molecular complexity index is 400. The molecule has 0 unspecified atom stereocenters. The Morgan fingerprint density at radius 2 is 1.75 bits per heavy atom. The van der Waals surface area contributed by atoms with Crippen molar-refractivity contribution < 1.29 is 29.0 Å². The third-order valence-electron chi connectivity index (χ3n) is 3.68. The van der Waals surface area contributed by atoms with E-state index in [0.29, 0.717) is 0 Å². The highest BCUT2D eigenvalue weighted by atomic mass is 16.5. The first-order valence-electron chi connectivity index (χ1n) is 6.84. The summed E-state index contributed by atoms with van der Waals surface area (Å²) >= 11 is 0. The van der Waals surface area contributed by atoms with Crippen LogP contribution in [0.4, 0.5) is 0 Å². The zero-order chi connectivity index (χ0) is 15.5. The van der Waals surface area contributed by atoms with E-state index >= 15 is 0 Å². The molecule has 1 fully saturated rings. The lowest BCUT2D eigenvalue weighted by molar-refractivity contribution is -0.176. The van der Waals surface area contributed by atoms with Crippen LogP contribution in [0.3, 0.4) is 0 Å². The number of rotatable bonds is 4. The van der Waals surface area contributed by atoms with E-state index in [9.17, 15) is 19.5 Å². The van der Waals surface area contributed by atoms with Crippen molar-refractivity contribution in [3.63, 3.8) is 0 Å². The van der Waals surface area contributed by atoms with Crippen LogP contribution in [-0.2, 0) is 23.9 Å². The minimum atomic E-state index is -1.51. The second-order valence-corrected chi connectivity index (χ2v) is 5.32. The normalized spacial score (nSPS) is 33.6. The predicted molar refractivity (Wildman–Crippen MR) is 69.7 cm³/mol. The van der Waals surface area contributed by atoms with E-state index in [1.54, 1.807) is 20.8 Å². The second kappa shape index (κ2) is 6.35. The summed E-state index contributed by atoms with van der Waals surface area (Å²) in [7, 11) is 0. The average molecular weight is 286 g/mol. The summed E-state index contributed by atoms with van der Waals surface area (Å²) < 4.78 is 9.83. The SMILES string of the molecule is CCOC(=O)[C@H]1C(=O)C[C@](C)(O)[C@@H](C(=O)OCC)[C@H]1C. The first kappa shape index (κ1) is 16.6. The molecule has 6 heteroatoms. The largest absolute Gasteiger partial charge is 0.466 e. The van der Waals surface area contributed by atoms with Gasteiger partial charge >= 0.3 is 11.9 Å². The summed E-state index contributed by atoms with van der Waals surface area (Å²) in [6, 6.07) is 0. The van der Waals surface area contributed by atoms with Gasteiger partial charge in [0, 0.05) is 6.42 Å². The molecule has 4 atom stereocenters. The van der Waals surface area contributed by atoms with Crippen molar-refractivity contribution in [2.75, 3.05) is 13.2 Å². The Hall–Kier alpha value is -1.43. The quantitative estimate of drug-likeness (QED) is 0.604. The third-order valence-corrected chi connectivity index (χ3v) is 3.68. The first-order valence-corrected chi connectivity index (χ1v) is 6.84. The van der Waals surface area contributed by atoms with Crippen molar-refractivity contribution in [1.82, 2.24) is 0 Å². The molecule has 1 aliphatic carbocycles. The van der Waals surface area contributed by atoms with E-state index in [0.717, 1.165) is 0 Å². The molecule has 114 valence electrons. The number of hydrogen-bond donors (Lipinski definition) is 1. The highest BCUT2D eigenvalue weighted by molar-refractivity contribution is 6.01. The van der Waals surface area contributed by atoms with Crippen LogP contribution in [-0.4, -0.2) is 41.6 Å². The lowest BCUT2D eigenvalue weighted by Gasteiger charge is -2.41. The fourth-order valence-corrected chi connectivity index (χ4v) is 2.90. The number of Topliss-reactive ketones (excluding diaryl/α,β-unsaturated/α-hetero) is 1. The van der Waals surface area contributed by atoms with Crippen molar-refractivity contribution in [3.05, 3.63) is 0 Å². The molecule has 6 nitrogen and oxygen atoms in total. The van der Waals surface area contributed by atoms with Gasteiger partial charge in [-0.1, -0.05) is 6.92 Å². The molecule has 0 aliphatic heterocycles. The van der Waals surface area contributed by atoms with Gasteiger partial charge < -0.3 is 14.6 Å². The monoisotopic (exact) mass is 286 g/mol. The highest BCUT2D eigenvalue weighted by Gasteiger charge is 2.54. The van der Waals surface area contributed by atoms with Crippen molar-refractivity contribution in [3.8, 4) is 0 Å². The zero-order valence-corrected chi connectivity index (χ0v) is 12.3. The molecule has 1 aliphatic rings. The van der Waals surface area contributed by atoms with Gasteiger partial charge in [0.05, 0.1) is 24.7 Å². The number of carbonyl (C=O) groups excluding carboxylic acids is 3. The highest BCUT2D eigenvalue weighted by Crippen LogP contribution is 2.40. The van der Waals surface area contributed by atoms with Crippen LogP contribution < -0.4 is 0 Å². The molecule has 0 heterocycles. The molecule has 20 heavy (non-hydrogen) atoms. The van der Waals surface area contributed by atoms with E-state index in [2.05, 4.69) is 0 Å². The molecule has 0 spiro atoms. The smallest absolute Gasteiger partial charge is 0.316 e. The van der Waals surface area contributed by atoms with Crippen LogP contribution in [0.5, 0.6) is 0 Å². The molecule has 1 rings (SSSR count). The molecule has 0 aromatic rings. The maximum Gasteiger partial charge on any atom is 0.316 e. The number of ether oxygens (including phenoxy) is 2. The minimum absolute atomic E-state index is 0.162. The lowest BCUT2D eigenvalue weighted by atomic mass is 9.64. The molecule has 0 aromatic heterocycles. The summed E-state index contributed by atoms with van der Waals surface area (Å²) in [5, 5.41) is 10.3. The van der Waals surface area contributed by atoms with Crippen LogP contribution in [0.25, 0.3) is 0 Å². The molecule has 1 N–H and O–H groups in total. The Morgan fingerprint density at radius 1 is 1.25 bits per heavy atom. The lowest BCUT2D eigenvalue weighted by Crippen LogP contribution is -2.55. The number of aliphatic hydroxyl groups is 1. The standard InChI is InChI=1S/C14H22O6/c1-5-19-12(16)10-8(3)11(13(17)20-6-2)14(4,18)7-9(10)15/h8,10-11,18H,5-7H2,1-4H3/t8-,10+,11+,14-/m0/s1. The molecule has 0 saturated heterocycles.